The zero-order valence-electron chi connectivity index (χ0n) is 10.1. The number of nitrogens with zero attached hydrogens (tertiary/aromatic N) is 2. The molecule has 0 spiro atoms. The van der Waals surface area contributed by atoms with Gasteiger partial charge >= 0.3 is 0 Å². The molecule has 96 valence electrons. The van der Waals surface area contributed by atoms with Crippen LogP contribution in [0.15, 0.2) is 22.7 Å². The standard InChI is InChI=1S/C12H15N3O3/c1-8-14-12(15-18-8)4-5-13-7-9-2-3-10(16)11(17)6-9/h2-3,6,13,16-17H,4-5,7H2,1H3. The highest BCUT2D eigenvalue weighted by Gasteiger charge is 2.02. The summed E-state index contributed by atoms with van der Waals surface area (Å²) in [5.74, 6) is 1.02. The lowest BCUT2D eigenvalue weighted by molar-refractivity contribution is 0.387. The van der Waals surface area contributed by atoms with Crippen LogP contribution in [0.5, 0.6) is 11.5 Å². The largest absolute Gasteiger partial charge is 0.504 e. The normalized spacial score (nSPS) is 10.7. The molecular formula is C12H15N3O3. The molecule has 0 unspecified atom stereocenters. The van der Waals surface area contributed by atoms with E-state index >= 15 is 0 Å². The van der Waals surface area contributed by atoms with Crippen LogP contribution in [0.2, 0.25) is 0 Å². The predicted octanol–water partition coefficient (Wildman–Crippen LogP) is 1.12. The first-order chi connectivity index (χ1) is 8.65. The predicted molar refractivity (Wildman–Crippen MR) is 64.2 cm³/mol. The molecule has 0 aliphatic heterocycles. The molecule has 0 saturated carbocycles. The molecule has 0 atom stereocenters. The number of aryl methyl sites for hydroxylation is 1. The monoisotopic (exact) mass is 249 g/mol. The third-order valence-electron chi connectivity index (χ3n) is 2.46. The fourth-order valence-corrected chi connectivity index (χ4v) is 1.55. The zero-order chi connectivity index (χ0) is 13.0. The molecule has 0 amide bonds. The third kappa shape index (κ3) is 3.21. The fraction of sp³-hybridized carbons (Fsp3) is 0.333. The highest BCUT2D eigenvalue weighted by molar-refractivity contribution is 5.40. The molecule has 2 rings (SSSR count). The maximum Gasteiger partial charge on any atom is 0.223 e. The van der Waals surface area contributed by atoms with E-state index in [1.807, 2.05) is 0 Å². The summed E-state index contributed by atoms with van der Waals surface area (Å²) in [5.41, 5.74) is 0.898. The first-order valence-electron chi connectivity index (χ1n) is 5.66. The quantitative estimate of drug-likeness (QED) is 0.543. The molecule has 0 fully saturated rings. The number of hydrogen-bond donors (Lipinski definition) is 3. The number of nitrogens with one attached hydrogen (secondary N) is 1. The van der Waals surface area contributed by atoms with Crippen molar-refractivity contribution < 1.29 is 14.7 Å². The Balaban J connectivity index is 1.76. The average Bonchev–Trinajstić information content (AvgIpc) is 2.75. The van der Waals surface area contributed by atoms with Crippen molar-refractivity contribution in [1.29, 1.82) is 0 Å². The Morgan fingerprint density at radius 1 is 1.28 bits per heavy atom. The van der Waals surface area contributed by atoms with E-state index < -0.39 is 0 Å². The molecule has 1 aromatic heterocycles. The molecular weight excluding hydrogens is 234 g/mol. The van der Waals surface area contributed by atoms with Gasteiger partial charge in [0.15, 0.2) is 17.3 Å². The molecule has 1 aromatic carbocycles. The van der Waals surface area contributed by atoms with Gasteiger partial charge in [0.25, 0.3) is 0 Å². The Kier molecular flexibility index (Phi) is 3.78. The van der Waals surface area contributed by atoms with Crippen LogP contribution in [0, 0.1) is 6.92 Å². The van der Waals surface area contributed by atoms with Gasteiger partial charge in [0.2, 0.25) is 5.89 Å². The number of aromatic hydroxyl groups is 2. The average molecular weight is 249 g/mol. The Morgan fingerprint density at radius 2 is 2.11 bits per heavy atom. The summed E-state index contributed by atoms with van der Waals surface area (Å²) >= 11 is 0. The van der Waals surface area contributed by atoms with E-state index in [-0.39, 0.29) is 11.5 Å². The minimum Gasteiger partial charge on any atom is -0.504 e. The van der Waals surface area contributed by atoms with Crippen LogP contribution in [0.3, 0.4) is 0 Å². The Hall–Kier alpha value is -2.08. The lowest BCUT2D eigenvalue weighted by atomic mass is 10.2. The summed E-state index contributed by atoms with van der Waals surface area (Å²) < 4.78 is 4.86. The summed E-state index contributed by atoms with van der Waals surface area (Å²) in [7, 11) is 0. The van der Waals surface area contributed by atoms with Gasteiger partial charge in [-0.1, -0.05) is 11.2 Å². The molecule has 0 aliphatic rings. The van der Waals surface area contributed by atoms with Gasteiger partial charge in [-0.2, -0.15) is 4.98 Å². The van der Waals surface area contributed by atoms with E-state index in [0.717, 1.165) is 5.56 Å². The van der Waals surface area contributed by atoms with Gasteiger partial charge in [0.1, 0.15) is 0 Å². The second-order valence-electron chi connectivity index (χ2n) is 3.98. The topological polar surface area (TPSA) is 91.4 Å². The number of phenols is 2. The van der Waals surface area contributed by atoms with E-state index in [1.54, 1.807) is 13.0 Å². The van der Waals surface area contributed by atoms with Crippen LogP contribution in [0.1, 0.15) is 17.3 Å². The van der Waals surface area contributed by atoms with E-state index in [4.69, 9.17) is 9.63 Å². The molecule has 3 N–H and O–H groups in total. The molecule has 0 radical (unpaired) electrons. The highest BCUT2D eigenvalue weighted by Crippen LogP contribution is 2.24. The Labute approximate surface area is 104 Å². The minimum atomic E-state index is -0.110. The van der Waals surface area contributed by atoms with Gasteiger partial charge in [-0.3, -0.25) is 0 Å². The van der Waals surface area contributed by atoms with Crippen LogP contribution >= 0.6 is 0 Å². The van der Waals surface area contributed by atoms with Crippen molar-refractivity contribution in [1.82, 2.24) is 15.5 Å². The van der Waals surface area contributed by atoms with Crippen molar-refractivity contribution in [2.24, 2.45) is 0 Å². The van der Waals surface area contributed by atoms with Crippen molar-refractivity contribution >= 4 is 0 Å². The first-order valence-corrected chi connectivity index (χ1v) is 5.66. The van der Waals surface area contributed by atoms with Crippen molar-refractivity contribution in [3.63, 3.8) is 0 Å². The summed E-state index contributed by atoms with van der Waals surface area (Å²) in [6, 6.07) is 4.75. The highest BCUT2D eigenvalue weighted by atomic mass is 16.5. The Bertz CT molecular complexity index is 525. The maximum atomic E-state index is 9.33. The molecule has 1 heterocycles. The number of aromatic nitrogens is 2. The molecule has 6 nitrogen and oxygen atoms in total. The molecule has 18 heavy (non-hydrogen) atoms. The fourth-order valence-electron chi connectivity index (χ4n) is 1.55. The number of phenolic OH excluding ortho intramolecular Hbond substituents is 2. The third-order valence-corrected chi connectivity index (χ3v) is 2.46. The maximum absolute atomic E-state index is 9.33. The second kappa shape index (κ2) is 5.50. The minimum absolute atomic E-state index is 0.108. The first kappa shape index (κ1) is 12.4. The SMILES string of the molecule is Cc1nc(CCNCc2ccc(O)c(O)c2)no1. The number of benzene rings is 1. The summed E-state index contributed by atoms with van der Waals surface area (Å²) in [6.07, 6.45) is 0.682. The van der Waals surface area contributed by atoms with Crippen LogP contribution in [-0.4, -0.2) is 26.9 Å². The van der Waals surface area contributed by atoms with E-state index in [9.17, 15) is 5.11 Å². The van der Waals surface area contributed by atoms with Crippen LogP contribution in [0.25, 0.3) is 0 Å². The van der Waals surface area contributed by atoms with Gasteiger partial charge < -0.3 is 20.1 Å². The number of hydrogen-bond acceptors (Lipinski definition) is 6. The lowest BCUT2D eigenvalue weighted by Gasteiger charge is -2.04. The second-order valence-corrected chi connectivity index (χ2v) is 3.98. The van der Waals surface area contributed by atoms with Crippen molar-refractivity contribution in [2.45, 2.75) is 19.9 Å². The van der Waals surface area contributed by atoms with Gasteiger partial charge in [-0.25, -0.2) is 0 Å². The van der Waals surface area contributed by atoms with Gasteiger partial charge in [0, 0.05) is 26.4 Å². The summed E-state index contributed by atoms with van der Waals surface area (Å²) in [5, 5.41) is 25.5. The van der Waals surface area contributed by atoms with Crippen molar-refractivity contribution in [2.75, 3.05) is 6.54 Å². The van der Waals surface area contributed by atoms with Crippen molar-refractivity contribution in [3.8, 4) is 11.5 Å². The number of rotatable bonds is 5. The summed E-state index contributed by atoms with van der Waals surface area (Å²) in [6.45, 7) is 3.06. The van der Waals surface area contributed by atoms with Crippen LogP contribution < -0.4 is 5.32 Å². The van der Waals surface area contributed by atoms with Crippen molar-refractivity contribution in [3.05, 3.63) is 35.5 Å². The molecule has 0 saturated heterocycles. The molecule has 2 aromatic rings. The van der Waals surface area contributed by atoms with Crippen LogP contribution in [-0.2, 0) is 13.0 Å². The smallest absolute Gasteiger partial charge is 0.223 e. The van der Waals surface area contributed by atoms with Gasteiger partial charge in [0.05, 0.1) is 0 Å². The van der Waals surface area contributed by atoms with E-state index in [0.29, 0.717) is 31.2 Å². The van der Waals surface area contributed by atoms with E-state index in [1.165, 1.54) is 12.1 Å². The lowest BCUT2D eigenvalue weighted by Crippen LogP contribution is -2.17. The van der Waals surface area contributed by atoms with E-state index in [2.05, 4.69) is 15.5 Å². The van der Waals surface area contributed by atoms with Gasteiger partial charge in [-0.05, 0) is 17.7 Å². The zero-order valence-corrected chi connectivity index (χ0v) is 10.1. The molecule has 0 bridgehead atoms. The Morgan fingerprint density at radius 3 is 2.78 bits per heavy atom. The van der Waals surface area contributed by atoms with Crippen LogP contribution in [0.4, 0.5) is 0 Å². The molecule has 0 aliphatic carbocycles. The molecule has 6 heteroatoms. The summed E-state index contributed by atoms with van der Waals surface area (Å²) in [4.78, 5) is 4.09. The van der Waals surface area contributed by atoms with Gasteiger partial charge in [-0.15, -0.1) is 0 Å².